The van der Waals surface area contributed by atoms with Gasteiger partial charge in [-0.05, 0) is 47.5 Å². The molecular formula is C22H17FN2O2. The Morgan fingerprint density at radius 3 is 2.56 bits per heavy atom. The van der Waals surface area contributed by atoms with Gasteiger partial charge in [-0.1, -0.05) is 43.3 Å². The molecule has 4 aromatic rings. The second-order valence-electron chi connectivity index (χ2n) is 6.13. The predicted octanol–water partition coefficient (Wildman–Crippen LogP) is 4.95. The molecule has 0 fully saturated rings. The lowest BCUT2D eigenvalue weighted by molar-refractivity contribution is 0.0725. The Bertz CT molecular complexity index is 1110. The molecule has 0 aliphatic rings. The molecule has 0 aliphatic heterocycles. The average Bonchev–Trinajstić information content (AvgIpc) is 3.11. The number of halogens is 1. The van der Waals surface area contributed by atoms with E-state index in [0.717, 1.165) is 16.5 Å². The molecule has 0 bridgehead atoms. The van der Waals surface area contributed by atoms with Crippen LogP contribution in [0.5, 0.6) is 5.88 Å². The number of esters is 1. The molecule has 134 valence electrons. The first-order valence-corrected chi connectivity index (χ1v) is 8.70. The van der Waals surface area contributed by atoms with Gasteiger partial charge in [-0.3, -0.25) is 0 Å². The molecule has 0 N–H and O–H groups in total. The number of hydrogen-bond donors (Lipinski definition) is 0. The quantitative estimate of drug-likeness (QED) is 0.484. The lowest BCUT2D eigenvalue weighted by atomic mass is 10.1. The highest BCUT2D eigenvalue weighted by atomic mass is 19.1. The summed E-state index contributed by atoms with van der Waals surface area (Å²) in [5.74, 6) is -0.495. The minimum absolute atomic E-state index is 0.302. The van der Waals surface area contributed by atoms with E-state index in [1.807, 2.05) is 43.3 Å². The summed E-state index contributed by atoms with van der Waals surface area (Å²) in [7, 11) is 0. The van der Waals surface area contributed by atoms with Gasteiger partial charge in [-0.2, -0.15) is 5.10 Å². The Balaban J connectivity index is 1.72. The van der Waals surface area contributed by atoms with E-state index in [1.165, 1.54) is 16.8 Å². The van der Waals surface area contributed by atoms with Crippen molar-refractivity contribution in [2.75, 3.05) is 0 Å². The SMILES string of the molecule is CCc1cc(OC(=O)c2cccc3ccccc23)n(-c2ccc(F)cc2)n1. The maximum absolute atomic E-state index is 13.2. The van der Waals surface area contributed by atoms with Crippen molar-refractivity contribution in [2.24, 2.45) is 0 Å². The fraction of sp³-hybridized carbons (Fsp3) is 0.0909. The molecule has 0 unspecified atom stereocenters. The number of fused-ring (bicyclic) bond motifs is 1. The maximum Gasteiger partial charge on any atom is 0.345 e. The van der Waals surface area contributed by atoms with Crippen molar-refractivity contribution < 1.29 is 13.9 Å². The number of aromatic nitrogens is 2. The van der Waals surface area contributed by atoms with Gasteiger partial charge in [0.25, 0.3) is 0 Å². The Morgan fingerprint density at radius 2 is 1.78 bits per heavy atom. The summed E-state index contributed by atoms with van der Waals surface area (Å²) in [6, 6.07) is 20.8. The summed E-state index contributed by atoms with van der Waals surface area (Å²) in [6.45, 7) is 1.97. The third-order valence-corrected chi connectivity index (χ3v) is 4.37. The van der Waals surface area contributed by atoms with E-state index in [-0.39, 0.29) is 5.82 Å². The number of rotatable bonds is 4. The van der Waals surface area contributed by atoms with Crippen LogP contribution in [-0.4, -0.2) is 15.7 Å². The van der Waals surface area contributed by atoms with Crippen molar-refractivity contribution in [3.05, 3.63) is 89.9 Å². The molecule has 5 heteroatoms. The van der Waals surface area contributed by atoms with E-state index in [1.54, 1.807) is 24.3 Å². The minimum atomic E-state index is -0.460. The Hall–Kier alpha value is -3.47. The molecule has 4 nitrogen and oxygen atoms in total. The van der Waals surface area contributed by atoms with Gasteiger partial charge >= 0.3 is 5.97 Å². The molecule has 0 aliphatic carbocycles. The van der Waals surface area contributed by atoms with Crippen molar-refractivity contribution in [1.82, 2.24) is 9.78 Å². The Kier molecular flexibility index (Phi) is 4.42. The van der Waals surface area contributed by atoms with Gasteiger partial charge in [0.2, 0.25) is 5.88 Å². The van der Waals surface area contributed by atoms with Crippen LogP contribution >= 0.6 is 0 Å². The number of aryl methyl sites for hydroxylation is 1. The summed E-state index contributed by atoms with van der Waals surface area (Å²) in [5, 5.41) is 6.25. The van der Waals surface area contributed by atoms with Crippen LogP contribution in [0.15, 0.2) is 72.8 Å². The highest BCUT2D eigenvalue weighted by Gasteiger charge is 2.17. The molecular weight excluding hydrogens is 343 g/mol. The van der Waals surface area contributed by atoms with Gasteiger partial charge in [0, 0.05) is 6.07 Å². The third-order valence-electron chi connectivity index (χ3n) is 4.37. The zero-order chi connectivity index (χ0) is 18.8. The number of carbonyl (C=O) groups excluding carboxylic acids is 1. The molecule has 0 saturated carbocycles. The first-order valence-electron chi connectivity index (χ1n) is 8.70. The van der Waals surface area contributed by atoms with Crippen molar-refractivity contribution in [3.63, 3.8) is 0 Å². The molecule has 27 heavy (non-hydrogen) atoms. The van der Waals surface area contributed by atoms with E-state index in [0.29, 0.717) is 23.6 Å². The molecule has 1 aromatic heterocycles. The van der Waals surface area contributed by atoms with Crippen LogP contribution in [0.3, 0.4) is 0 Å². The van der Waals surface area contributed by atoms with Gasteiger partial charge < -0.3 is 4.74 Å². The van der Waals surface area contributed by atoms with Crippen molar-refractivity contribution in [2.45, 2.75) is 13.3 Å². The molecule has 0 saturated heterocycles. The topological polar surface area (TPSA) is 44.1 Å². The monoisotopic (exact) mass is 360 g/mol. The number of carbonyl (C=O) groups is 1. The van der Waals surface area contributed by atoms with Crippen molar-refractivity contribution >= 4 is 16.7 Å². The highest BCUT2D eigenvalue weighted by molar-refractivity contribution is 6.05. The molecule has 4 rings (SSSR count). The molecule has 0 atom stereocenters. The molecule has 0 radical (unpaired) electrons. The number of ether oxygens (including phenoxy) is 1. The second kappa shape index (κ2) is 7.03. The normalized spacial score (nSPS) is 10.9. The molecule has 0 spiro atoms. The van der Waals surface area contributed by atoms with Crippen LogP contribution in [-0.2, 0) is 6.42 Å². The summed E-state index contributed by atoms with van der Waals surface area (Å²) in [6.07, 6.45) is 0.688. The zero-order valence-corrected chi connectivity index (χ0v) is 14.7. The minimum Gasteiger partial charge on any atom is -0.404 e. The number of benzene rings is 3. The van der Waals surface area contributed by atoms with E-state index in [2.05, 4.69) is 5.10 Å². The van der Waals surface area contributed by atoms with E-state index < -0.39 is 5.97 Å². The predicted molar refractivity (Wildman–Crippen MR) is 102 cm³/mol. The van der Waals surface area contributed by atoms with Crippen LogP contribution in [0.1, 0.15) is 23.0 Å². The van der Waals surface area contributed by atoms with Crippen molar-refractivity contribution in [3.8, 4) is 11.6 Å². The van der Waals surface area contributed by atoms with Gasteiger partial charge in [0.15, 0.2) is 0 Å². The summed E-state index contributed by atoms with van der Waals surface area (Å²) in [4.78, 5) is 12.8. The Morgan fingerprint density at radius 1 is 1.04 bits per heavy atom. The van der Waals surface area contributed by atoms with Crippen LogP contribution in [0.2, 0.25) is 0 Å². The lowest BCUT2D eigenvalue weighted by Crippen LogP contribution is -2.12. The highest BCUT2D eigenvalue weighted by Crippen LogP contribution is 2.24. The second-order valence-corrected chi connectivity index (χ2v) is 6.13. The fourth-order valence-electron chi connectivity index (χ4n) is 2.98. The van der Waals surface area contributed by atoms with Gasteiger partial charge in [-0.25, -0.2) is 13.9 Å². The summed E-state index contributed by atoms with van der Waals surface area (Å²) in [5.41, 5.74) is 1.88. The van der Waals surface area contributed by atoms with Crippen molar-refractivity contribution in [1.29, 1.82) is 0 Å². The first-order chi connectivity index (χ1) is 13.2. The third kappa shape index (κ3) is 3.31. The lowest BCUT2D eigenvalue weighted by Gasteiger charge is -2.09. The molecule has 3 aromatic carbocycles. The van der Waals surface area contributed by atoms with Gasteiger partial charge in [-0.15, -0.1) is 0 Å². The maximum atomic E-state index is 13.2. The van der Waals surface area contributed by atoms with Gasteiger partial charge in [0.1, 0.15) is 5.82 Å². The van der Waals surface area contributed by atoms with Crippen LogP contribution in [0.25, 0.3) is 16.5 Å². The van der Waals surface area contributed by atoms with Crippen LogP contribution in [0, 0.1) is 5.82 Å². The standard InChI is InChI=1S/C22H17FN2O2/c1-2-17-14-21(25(24-17)18-12-10-16(23)11-13-18)27-22(26)20-9-5-7-15-6-3-4-8-19(15)20/h3-14H,2H2,1H3. The van der Waals surface area contributed by atoms with E-state index in [9.17, 15) is 9.18 Å². The van der Waals surface area contributed by atoms with E-state index >= 15 is 0 Å². The number of hydrogen-bond acceptors (Lipinski definition) is 3. The van der Waals surface area contributed by atoms with Gasteiger partial charge in [0.05, 0.1) is 16.9 Å². The summed E-state index contributed by atoms with van der Waals surface area (Å²) < 4.78 is 20.4. The largest absolute Gasteiger partial charge is 0.404 e. The first kappa shape index (κ1) is 17.0. The van der Waals surface area contributed by atoms with E-state index in [4.69, 9.17) is 4.74 Å². The molecule has 0 amide bonds. The Labute approximate surface area is 155 Å². The smallest absolute Gasteiger partial charge is 0.345 e. The summed E-state index contributed by atoms with van der Waals surface area (Å²) >= 11 is 0. The number of nitrogens with zero attached hydrogens (tertiary/aromatic N) is 2. The van der Waals surface area contributed by atoms with Crippen LogP contribution in [0.4, 0.5) is 4.39 Å². The molecule has 1 heterocycles. The average molecular weight is 360 g/mol. The zero-order valence-electron chi connectivity index (χ0n) is 14.7. The fourth-order valence-corrected chi connectivity index (χ4v) is 2.98. The van der Waals surface area contributed by atoms with Crippen LogP contribution < -0.4 is 4.74 Å².